The molecule has 32 heavy (non-hydrogen) atoms. The number of carbonyl (C=O) groups excluding carboxylic acids is 1. The van der Waals surface area contributed by atoms with E-state index in [1.807, 2.05) is 43.3 Å². The van der Waals surface area contributed by atoms with Crippen molar-refractivity contribution in [3.8, 4) is 17.0 Å². The molecular formula is C23H23N5O4. The second kappa shape index (κ2) is 9.42. The zero-order valence-corrected chi connectivity index (χ0v) is 17.7. The summed E-state index contributed by atoms with van der Waals surface area (Å²) in [5.74, 6) is 1.37. The summed E-state index contributed by atoms with van der Waals surface area (Å²) in [4.78, 5) is 27.0. The smallest absolute Gasteiger partial charge is 0.270 e. The predicted octanol–water partition coefficient (Wildman–Crippen LogP) is 3.41. The highest BCUT2D eigenvalue weighted by Gasteiger charge is 2.24. The second-order valence-electron chi connectivity index (χ2n) is 7.32. The van der Waals surface area contributed by atoms with E-state index in [9.17, 15) is 14.9 Å². The summed E-state index contributed by atoms with van der Waals surface area (Å²) in [6.07, 6.45) is 0. The molecule has 9 heteroatoms. The molecule has 4 rings (SSSR count). The van der Waals surface area contributed by atoms with Gasteiger partial charge in [0.05, 0.1) is 17.2 Å². The van der Waals surface area contributed by atoms with Crippen molar-refractivity contribution in [3.63, 3.8) is 0 Å². The number of non-ortho nitro benzene ring substituents is 1. The molecule has 1 amide bonds. The lowest BCUT2D eigenvalue weighted by atomic mass is 10.1. The average molecular weight is 433 g/mol. The molecule has 0 aliphatic carbocycles. The molecule has 1 fully saturated rings. The van der Waals surface area contributed by atoms with Gasteiger partial charge in [0.25, 0.3) is 11.6 Å². The summed E-state index contributed by atoms with van der Waals surface area (Å²) in [6.45, 7) is 4.79. The quantitative estimate of drug-likeness (QED) is 0.434. The van der Waals surface area contributed by atoms with Crippen molar-refractivity contribution < 1.29 is 14.5 Å². The van der Waals surface area contributed by atoms with Gasteiger partial charge in [0.15, 0.2) is 5.82 Å². The molecule has 0 spiro atoms. The molecule has 0 bridgehead atoms. The molecule has 2 aromatic carbocycles. The maximum absolute atomic E-state index is 12.7. The molecule has 1 aromatic heterocycles. The standard InChI is InChI=1S/C23H23N5O4/c1-2-32-20-8-6-17(7-9-20)21-10-11-22(25-24-21)26-12-14-27(15-13-26)23(29)18-4-3-5-19(16-18)28(30)31/h3-11,16H,2,12-15H2,1H3. The number of amides is 1. The van der Waals surface area contributed by atoms with Gasteiger partial charge in [-0.1, -0.05) is 6.07 Å². The Morgan fingerprint density at radius 3 is 2.41 bits per heavy atom. The minimum Gasteiger partial charge on any atom is -0.494 e. The first-order valence-corrected chi connectivity index (χ1v) is 10.4. The zero-order chi connectivity index (χ0) is 22.5. The lowest BCUT2D eigenvalue weighted by molar-refractivity contribution is -0.384. The molecule has 0 saturated carbocycles. The Morgan fingerprint density at radius 2 is 1.78 bits per heavy atom. The highest BCUT2D eigenvalue weighted by molar-refractivity contribution is 5.95. The first kappa shape index (κ1) is 21.2. The number of benzene rings is 2. The van der Waals surface area contributed by atoms with Gasteiger partial charge in [0.2, 0.25) is 0 Å². The van der Waals surface area contributed by atoms with Crippen LogP contribution in [0.15, 0.2) is 60.7 Å². The Bertz CT molecular complexity index is 1090. The first-order chi connectivity index (χ1) is 15.5. The fourth-order valence-corrected chi connectivity index (χ4v) is 3.61. The van der Waals surface area contributed by atoms with Crippen molar-refractivity contribution in [2.75, 3.05) is 37.7 Å². The van der Waals surface area contributed by atoms with Crippen LogP contribution in [0.5, 0.6) is 5.75 Å². The van der Waals surface area contributed by atoms with E-state index in [1.165, 1.54) is 18.2 Å². The van der Waals surface area contributed by atoms with E-state index in [4.69, 9.17) is 4.74 Å². The Hall–Kier alpha value is -4.01. The molecule has 164 valence electrons. The number of ether oxygens (including phenoxy) is 1. The molecule has 1 aliphatic heterocycles. The predicted molar refractivity (Wildman–Crippen MR) is 120 cm³/mol. The van der Waals surface area contributed by atoms with Crippen LogP contribution in [0.25, 0.3) is 11.3 Å². The molecule has 0 unspecified atom stereocenters. The largest absolute Gasteiger partial charge is 0.494 e. The first-order valence-electron chi connectivity index (χ1n) is 10.4. The number of hydrogen-bond donors (Lipinski definition) is 0. The minimum absolute atomic E-state index is 0.0858. The van der Waals surface area contributed by atoms with Crippen molar-refractivity contribution in [3.05, 3.63) is 76.3 Å². The Balaban J connectivity index is 1.37. The van der Waals surface area contributed by atoms with Crippen LogP contribution in [-0.4, -0.2) is 58.7 Å². The number of rotatable bonds is 6. The highest BCUT2D eigenvalue weighted by atomic mass is 16.6. The fraction of sp³-hybridized carbons (Fsp3) is 0.261. The summed E-state index contributed by atoms with van der Waals surface area (Å²) in [6, 6.07) is 17.4. The van der Waals surface area contributed by atoms with E-state index in [2.05, 4.69) is 15.1 Å². The Kier molecular flexibility index (Phi) is 6.25. The number of piperazine rings is 1. The number of anilines is 1. The molecule has 0 radical (unpaired) electrons. The number of hydrogen-bond acceptors (Lipinski definition) is 7. The van der Waals surface area contributed by atoms with Gasteiger partial charge < -0.3 is 14.5 Å². The van der Waals surface area contributed by atoms with Crippen molar-refractivity contribution >= 4 is 17.4 Å². The van der Waals surface area contributed by atoms with Crippen molar-refractivity contribution in [2.45, 2.75) is 6.92 Å². The summed E-state index contributed by atoms with van der Waals surface area (Å²) >= 11 is 0. The summed E-state index contributed by atoms with van der Waals surface area (Å²) in [7, 11) is 0. The molecule has 0 N–H and O–H groups in total. The van der Waals surface area contributed by atoms with Crippen molar-refractivity contribution in [2.24, 2.45) is 0 Å². The monoisotopic (exact) mass is 433 g/mol. The molecule has 0 atom stereocenters. The van der Waals surface area contributed by atoms with Gasteiger partial charge in [0.1, 0.15) is 5.75 Å². The van der Waals surface area contributed by atoms with Crippen LogP contribution >= 0.6 is 0 Å². The van der Waals surface area contributed by atoms with Crippen LogP contribution in [-0.2, 0) is 0 Å². The number of aromatic nitrogens is 2. The van der Waals surface area contributed by atoms with Crippen molar-refractivity contribution in [1.29, 1.82) is 0 Å². The van der Waals surface area contributed by atoms with E-state index in [-0.39, 0.29) is 11.6 Å². The molecule has 9 nitrogen and oxygen atoms in total. The van der Waals surface area contributed by atoms with E-state index < -0.39 is 4.92 Å². The van der Waals surface area contributed by atoms with Gasteiger partial charge in [-0.25, -0.2) is 0 Å². The second-order valence-corrected chi connectivity index (χ2v) is 7.32. The van der Waals surface area contributed by atoms with Crippen LogP contribution in [0.2, 0.25) is 0 Å². The van der Waals surface area contributed by atoms with Gasteiger partial charge >= 0.3 is 0 Å². The van der Waals surface area contributed by atoms with Gasteiger partial charge in [-0.15, -0.1) is 10.2 Å². The van der Waals surface area contributed by atoms with Crippen LogP contribution in [0.3, 0.4) is 0 Å². The van der Waals surface area contributed by atoms with Crippen LogP contribution in [0, 0.1) is 10.1 Å². The molecule has 1 aliphatic rings. The third kappa shape index (κ3) is 4.66. The van der Waals surface area contributed by atoms with Crippen molar-refractivity contribution in [1.82, 2.24) is 15.1 Å². The molecule has 1 saturated heterocycles. The molecule has 2 heterocycles. The fourth-order valence-electron chi connectivity index (χ4n) is 3.61. The zero-order valence-electron chi connectivity index (χ0n) is 17.7. The topological polar surface area (TPSA) is 102 Å². The molecule has 3 aromatic rings. The number of nitro groups is 1. The summed E-state index contributed by atoms with van der Waals surface area (Å²) in [5, 5.41) is 19.7. The minimum atomic E-state index is -0.496. The molecular weight excluding hydrogens is 410 g/mol. The van der Waals surface area contributed by atoms with Crippen LogP contribution in [0.4, 0.5) is 11.5 Å². The van der Waals surface area contributed by atoms with Gasteiger partial charge in [-0.2, -0.15) is 0 Å². The maximum Gasteiger partial charge on any atom is 0.270 e. The van der Waals surface area contributed by atoms with Crippen LogP contribution < -0.4 is 9.64 Å². The van der Waals surface area contributed by atoms with E-state index in [1.54, 1.807) is 11.0 Å². The van der Waals surface area contributed by atoms with Gasteiger partial charge in [0, 0.05) is 49.4 Å². The van der Waals surface area contributed by atoms with Gasteiger partial charge in [-0.3, -0.25) is 14.9 Å². The lowest BCUT2D eigenvalue weighted by Gasteiger charge is -2.35. The maximum atomic E-state index is 12.7. The van der Waals surface area contributed by atoms with E-state index >= 15 is 0 Å². The van der Waals surface area contributed by atoms with E-state index in [0.717, 1.165) is 22.8 Å². The lowest BCUT2D eigenvalue weighted by Crippen LogP contribution is -2.49. The number of nitro benzene ring substituents is 1. The third-order valence-corrected chi connectivity index (χ3v) is 5.31. The normalized spacial score (nSPS) is 13.7. The Morgan fingerprint density at radius 1 is 1.03 bits per heavy atom. The summed E-state index contributed by atoms with van der Waals surface area (Å²) in [5.41, 5.74) is 1.97. The SMILES string of the molecule is CCOc1ccc(-c2ccc(N3CCN(C(=O)c4cccc([N+](=O)[O-])c4)CC3)nn2)cc1. The highest BCUT2D eigenvalue weighted by Crippen LogP contribution is 2.23. The van der Waals surface area contributed by atoms with E-state index in [0.29, 0.717) is 38.3 Å². The number of nitrogens with zero attached hydrogens (tertiary/aromatic N) is 5. The van der Waals surface area contributed by atoms with Crippen LogP contribution in [0.1, 0.15) is 17.3 Å². The van der Waals surface area contributed by atoms with Gasteiger partial charge in [-0.05, 0) is 49.4 Å². The average Bonchev–Trinajstić information content (AvgIpc) is 2.84. The summed E-state index contributed by atoms with van der Waals surface area (Å²) < 4.78 is 5.46. The Labute approximate surface area is 185 Å². The third-order valence-electron chi connectivity index (χ3n) is 5.31. The number of carbonyl (C=O) groups is 1.